The zero-order chi connectivity index (χ0) is 12.0. The molecule has 0 saturated carbocycles. The van der Waals surface area contributed by atoms with Gasteiger partial charge in [0.15, 0.2) is 5.11 Å². The Hall–Kier alpha value is -1.53. The van der Waals surface area contributed by atoms with Gasteiger partial charge in [0.1, 0.15) is 0 Å². The van der Waals surface area contributed by atoms with E-state index in [2.05, 4.69) is 15.5 Å². The van der Waals surface area contributed by atoms with Crippen molar-refractivity contribution in [2.45, 2.75) is 6.61 Å². The fourth-order valence-electron chi connectivity index (χ4n) is 0.859. The van der Waals surface area contributed by atoms with E-state index in [0.29, 0.717) is 10.8 Å². The Morgan fingerprint density at radius 1 is 1.62 bits per heavy atom. The van der Waals surface area contributed by atoms with Gasteiger partial charge in [-0.05, 0) is 23.8 Å². The Morgan fingerprint density at radius 3 is 2.88 bits per heavy atom. The fraction of sp³-hybridized carbons (Fsp3) is 0.300. The van der Waals surface area contributed by atoms with Crippen molar-refractivity contribution in [3.8, 4) is 0 Å². The van der Waals surface area contributed by atoms with Crippen LogP contribution >= 0.6 is 12.2 Å². The second-order valence-corrected chi connectivity index (χ2v) is 3.71. The monoisotopic (exact) mass is 238 g/mol. The highest BCUT2D eigenvalue weighted by Crippen LogP contribution is 1.97. The van der Waals surface area contributed by atoms with Crippen LogP contribution in [0.25, 0.3) is 0 Å². The molecule has 0 amide bonds. The van der Waals surface area contributed by atoms with Crippen molar-refractivity contribution in [1.29, 1.82) is 0 Å². The molecule has 16 heavy (non-hydrogen) atoms. The molecule has 0 aliphatic carbocycles. The van der Waals surface area contributed by atoms with E-state index in [1.807, 2.05) is 14.1 Å². The Kier molecular flexibility index (Phi) is 4.81. The predicted octanol–water partition coefficient (Wildman–Crippen LogP) is 0.344. The lowest BCUT2D eigenvalue weighted by atomic mass is 10.3. The van der Waals surface area contributed by atoms with E-state index >= 15 is 0 Å². The van der Waals surface area contributed by atoms with E-state index in [0.717, 1.165) is 5.56 Å². The van der Waals surface area contributed by atoms with Crippen LogP contribution in [0, 0.1) is 0 Å². The van der Waals surface area contributed by atoms with Crippen LogP contribution in [0.5, 0.6) is 0 Å². The minimum absolute atomic E-state index is 0.00656. The van der Waals surface area contributed by atoms with Gasteiger partial charge in [-0.15, -0.1) is 0 Å². The number of aliphatic hydroxyl groups excluding tert-OH is 1. The molecule has 0 atom stereocenters. The molecule has 5 nitrogen and oxygen atoms in total. The summed E-state index contributed by atoms with van der Waals surface area (Å²) in [5, 5.41) is 13.3. The molecule has 0 bridgehead atoms. The number of pyridine rings is 1. The standard InChI is InChI=1S/C10H14N4OS/c1-14(2)10(16)13-12-6-9-4-3-8(7-15)5-11-9/h3-6,15H,7H2,1-2H3,(H,13,16). The van der Waals surface area contributed by atoms with E-state index in [1.165, 1.54) is 0 Å². The minimum atomic E-state index is -0.00656. The smallest absolute Gasteiger partial charge is 0.189 e. The topological polar surface area (TPSA) is 60.8 Å². The summed E-state index contributed by atoms with van der Waals surface area (Å²) < 4.78 is 0. The normalized spacial score (nSPS) is 10.4. The number of nitrogens with zero attached hydrogens (tertiary/aromatic N) is 3. The number of hydrogen-bond acceptors (Lipinski definition) is 4. The van der Waals surface area contributed by atoms with Crippen molar-refractivity contribution in [3.63, 3.8) is 0 Å². The quantitative estimate of drug-likeness (QED) is 0.452. The molecule has 0 radical (unpaired) electrons. The molecular weight excluding hydrogens is 224 g/mol. The first kappa shape index (κ1) is 12.5. The Labute approximate surface area is 99.8 Å². The lowest BCUT2D eigenvalue weighted by Gasteiger charge is -2.11. The van der Waals surface area contributed by atoms with Gasteiger partial charge in [0, 0.05) is 20.3 Å². The molecule has 1 heterocycles. The van der Waals surface area contributed by atoms with Crippen molar-refractivity contribution >= 4 is 23.5 Å². The maximum absolute atomic E-state index is 8.83. The molecule has 86 valence electrons. The Bertz CT molecular complexity index is 375. The molecule has 2 N–H and O–H groups in total. The van der Waals surface area contributed by atoms with E-state index in [-0.39, 0.29) is 6.61 Å². The summed E-state index contributed by atoms with van der Waals surface area (Å²) in [4.78, 5) is 5.83. The van der Waals surface area contributed by atoms with Crippen LogP contribution in [-0.4, -0.2) is 40.4 Å². The first-order valence-electron chi connectivity index (χ1n) is 4.69. The van der Waals surface area contributed by atoms with E-state index in [4.69, 9.17) is 17.3 Å². The summed E-state index contributed by atoms with van der Waals surface area (Å²) in [6, 6.07) is 3.56. The average Bonchev–Trinajstić information content (AvgIpc) is 2.29. The van der Waals surface area contributed by atoms with Gasteiger partial charge in [0.05, 0.1) is 18.5 Å². The number of thiocarbonyl (C=S) groups is 1. The summed E-state index contributed by atoms with van der Waals surface area (Å²) in [5.74, 6) is 0. The third-order valence-electron chi connectivity index (χ3n) is 1.79. The molecule has 0 saturated heterocycles. The van der Waals surface area contributed by atoms with Gasteiger partial charge in [-0.2, -0.15) is 5.10 Å². The van der Waals surface area contributed by atoms with Gasteiger partial charge in [-0.25, -0.2) is 0 Å². The first-order valence-corrected chi connectivity index (χ1v) is 5.10. The van der Waals surface area contributed by atoms with Gasteiger partial charge in [0.25, 0.3) is 0 Å². The number of rotatable bonds is 3. The molecule has 6 heteroatoms. The molecule has 0 fully saturated rings. The Balaban J connectivity index is 2.53. The fourth-order valence-corrected chi connectivity index (χ4v) is 0.912. The van der Waals surface area contributed by atoms with Crippen LogP contribution in [0.3, 0.4) is 0 Å². The number of hydrogen-bond donors (Lipinski definition) is 2. The number of hydrazone groups is 1. The molecule has 0 unspecified atom stereocenters. The molecule has 1 aromatic rings. The SMILES string of the molecule is CN(C)C(=S)NN=Cc1ccc(CO)cn1. The third-order valence-corrected chi connectivity index (χ3v) is 2.25. The van der Waals surface area contributed by atoms with Crippen molar-refractivity contribution in [2.75, 3.05) is 14.1 Å². The van der Waals surface area contributed by atoms with Gasteiger partial charge in [-0.3, -0.25) is 10.4 Å². The Morgan fingerprint density at radius 2 is 2.38 bits per heavy atom. The van der Waals surface area contributed by atoms with Crippen molar-refractivity contribution < 1.29 is 5.11 Å². The van der Waals surface area contributed by atoms with E-state index < -0.39 is 0 Å². The number of aromatic nitrogens is 1. The van der Waals surface area contributed by atoms with Crippen LogP contribution in [0.2, 0.25) is 0 Å². The second-order valence-electron chi connectivity index (χ2n) is 3.32. The summed E-state index contributed by atoms with van der Waals surface area (Å²) in [5.41, 5.74) is 4.17. The zero-order valence-electron chi connectivity index (χ0n) is 9.21. The van der Waals surface area contributed by atoms with Crippen LogP contribution in [-0.2, 0) is 6.61 Å². The van der Waals surface area contributed by atoms with Gasteiger partial charge < -0.3 is 10.0 Å². The first-order chi connectivity index (χ1) is 7.63. The second kappa shape index (κ2) is 6.14. The largest absolute Gasteiger partial charge is 0.392 e. The highest BCUT2D eigenvalue weighted by atomic mass is 32.1. The van der Waals surface area contributed by atoms with Crippen LogP contribution < -0.4 is 5.43 Å². The van der Waals surface area contributed by atoms with E-state index in [1.54, 1.807) is 29.4 Å². The molecule has 0 aromatic carbocycles. The highest BCUT2D eigenvalue weighted by Gasteiger charge is 1.94. The van der Waals surface area contributed by atoms with Crippen LogP contribution in [0.4, 0.5) is 0 Å². The van der Waals surface area contributed by atoms with Crippen molar-refractivity contribution in [1.82, 2.24) is 15.3 Å². The molecule has 0 spiro atoms. The highest BCUT2D eigenvalue weighted by molar-refractivity contribution is 7.80. The lowest BCUT2D eigenvalue weighted by molar-refractivity contribution is 0.281. The number of nitrogens with one attached hydrogen (secondary N) is 1. The molecule has 1 aromatic heterocycles. The molecule has 0 aliphatic rings. The van der Waals surface area contributed by atoms with Crippen LogP contribution in [0.15, 0.2) is 23.4 Å². The summed E-state index contributed by atoms with van der Waals surface area (Å²) in [6.07, 6.45) is 3.17. The lowest BCUT2D eigenvalue weighted by Crippen LogP contribution is -2.30. The maximum atomic E-state index is 8.83. The summed E-state index contributed by atoms with van der Waals surface area (Å²) in [7, 11) is 3.66. The van der Waals surface area contributed by atoms with Crippen molar-refractivity contribution in [3.05, 3.63) is 29.6 Å². The molecule has 1 rings (SSSR count). The summed E-state index contributed by atoms with van der Waals surface area (Å²) >= 11 is 4.98. The van der Waals surface area contributed by atoms with E-state index in [9.17, 15) is 0 Å². The number of aliphatic hydroxyl groups is 1. The predicted molar refractivity (Wildman–Crippen MR) is 67.2 cm³/mol. The maximum Gasteiger partial charge on any atom is 0.189 e. The van der Waals surface area contributed by atoms with Gasteiger partial charge in [-0.1, -0.05) is 6.07 Å². The van der Waals surface area contributed by atoms with Gasteiger partial charge >= 0.3 is 0 Å². The van der Waals surface area contributed by atoms with Gasteiger partial charge in [0.2, 0.25) is 0 Å². The van der Waals surface area contributed by atoms with Crippen molar-refractivity contribution in [2.24, 2.45) is 5.10 Å². The van der Waals surface area contributed by atoms with Crippen LogP contribution in [0.1, 0.15) is 11.3 Å². The molecule has 0 aliphatic heterocycles. The third kappa shape index (κ3) is 3.92. The molecular formula is C10H14N4OS. The zero-order valence-corrected chi connectivity index (χ0v) is 10.0. The average molecular weight is 238 g/mol. The minimum Gasteiger partial charge on any atom is -0.392 e. The summed E-state index contributed by atoms with van der Waals surface area (Å²) in [6.45, 7) is -0.00656.